The van der Waals surface area contributed by atoms with Crippen LogP contribution >= 0.6 is 0 Å². The molecule has 0 spiro atoms. The highest BCUT2D eigenvalue weighted by Gasteiger charge is 2.18. The number of benzene rings is 1. The molecule has 0 bridgehead atoms. The van der Waals surface area contributed by atoms with Crippen molar-refractivity contribution in [3.05, 3.63) is 29.6 Å². The van der Waals surface area contributed by atoms with E-state index in [4.69, 9.17) is 5.73 Å². The second-order valence-electron chi connectivity index (χ2n) is 4.87. The number of nitrogens with two attached hydrogens (primary N) is 1. The van der Waals surface area contributed by atoms with Gasteiger partial charge in [-0.25, -0.2) is 4.39 Å². The molecule has 1 aliphatic rings. The van der Waals surface area contributed by atoms with Crippen molar-refractivity contribution in [1.82, 2.24) is 0 Å². The fourth-order valence-corrected chi connectivity index (χ4v) is 2.54. The lowest BCUT2D eigenvalue weighted by molar-refractivity contribution is 0.598. The Morgan fingerprint density at radius 3 is 2.88 bits per heavy atom. The van der Waals surface area contributed by atoms with Gasteiger partial charge in [0, 0.05) is 30.4 Å². The number of rotatable bonds is 2. The van der Waals surface area contributed by atoms with Crippen LogP contribution in [0.1, 0.15) is 38.2 Å². The minimum Gasteiger partial charge on any atom is -0.369 e. The Morgan fingerprint density at radius 2 is 2.18 bits per heavy atom. The van der Waals surface area contributed by atoms with Crippen LogP contribution in [0, 0.1) is 5.82 Å². The third-order valence-corrected chi connectivity index (χ3v) is 3.64. The van der Waals surface area contributed by atoms with Crippen LogP contribution in [-0.4, -0.2) is 12.6 Å². The predicted molar refractivity (Wildman–Crippen MR) is 69.6 cm³/mol. The average Bonchev–Trinajstić information content (AvgIpc) is 2.54. The van der Waals surface area contributed by atoms with Crippen LogP contribution in [0.15, 0.2) is 18.2 Å². The van der Waals surface area contributed by atoms with Crippen molar-refractivity contribution in [2.24, 2.45) is 5.73 Å². The molecule has 1 aliphatic heterocycles. The van der Waals surface area contributed by atoms with Gasteiger partial charge in [-0.1, -0.05) is 18.9 Å². The number of halogens is 1. The Kier molecular flexibility index (Phi) is 4.00. The molecule has 3 heteroatoms. The minimum absolute atomic E-state index is 0.179. The molecule has 2 nitrogen and oxygen atoms in total. The highest BCUT2D eigenvalue weighted by molar-refractivity contribution is 5.49. The predicted octanol–water partition coefficient (Wildman–Crippen LogP) is 3.05. The van der Waals surface area contributed by atoms with E-state index in [-0.39, 0.29) is 12.4 Å². The topological polar surface area (TPSA) is 29.3 Å². The molecule has 0 aromatic heterocycles. The summed E-state index contributed by atoms with van der Waals surface area (Å²) in [5.74, 6) is -0.179. The fourth-order valence-electron chi connectivity index (χ4n) is 2.54. The van der Waals surface area contributed by atoms with Crippen molar-refractivity contribution in [2.75, 3.05) is 11.4 Å². The van der Waals surface area contributed by atoms with Gasteiger partial charge in [0.1, 0.15) is 5.82 Å². The lowest BCUT2D eigenvalue weighted by atomic mass is 10.1. The molecule has 0 saturated carbocycles. The van der Waals surface area contributed by atoms with Gasteiger partial charge in [-0.15, -0.1) is 0 Å². The van der Waals surface area contributed by atoms with E-state index in [1.807, 2.05) is 12.1 Å². The molecule has 1 saturated heterocycles. The summed E-state index contributed by atoms with van der Waals surface area (Å²) in [5.41, 5.74) is 7.07. The van der Waals surface area contributed by atoms with Gasteiger partial charge in [-0.05, 0) is 31.9 Å². The van der Waals surface area contributed by atoms with Gasteiger partial charge in [-0.3, -0.25) is 0 Å². The van der Waals surface area contributed by atoms with Gasteiger partial charge >= 0.3 is 0 Å². The number of hydrogen-bond donors (Lipinski definition) is 1. The summed E-state index contributed by atoms with van der Waals surface area (Å²) in [6.45, 7) is 3.52. The average molecular weight is 236 g/mol. The maximum absolute atomic E-state index is 13.7. The molecular formula is C14H21FN2. The monoisotopic (exact) mass is 236 g/mol. The van der Waals surface area contributed by atoms with Gasteiger partial charge < -0.3 is 10.6 Å². The van der Waals surface area contributed by atoms with E-state index in [1.54, 1.807) is 6.07 Å². The maximum atomic E-state index is 13.7. The fraction of sp³-hybridized carbons (Fsp3) is 0.571. The molecule has 0 amide bonds. The second-order valence-corrected chi connectivity index (χ2v) is 4.87. The number of hydrogen-bond acceptors (Lipinski definition) is 2. The largest absolute Gasteiger partial charge is 0.369 e. The van der Waals surface area contributed by atoms with Crippen LogP contribution < -0.4 is 10.6 Å². The number of anilines is 1. The van der Waals surface area contributed by atoms with Gasteiger partial charge in [0.2, 0.25) is 0 Å². The highest BCUT2D eigenvalue weighted by Crippen LogP contribution is 2.25. The SMILES string of the molecule is CC1CCCCCN1c1ccc(CN)c(F)c1. The van der Waals surface area contributed by atoms with Crippen LogP contribution in [0.5, 0.6) is 0 Å². The zero-order chi connectivity index (χ0) is 12.3. The molecule has 1 fully saturated rings. The summed E-state index contributed by atoms with van der Waals surface area (Å²) in [7, 11) is 0. The van der Waals surface area contributed by atoms with Crippen LogP contribution in [-0.2, 0) is 6.54 Å². The molecule has 94 valence electrons. The first-order chi connectivity index (χ1) is 8.22. The van der Waals surface area contributed by atoms with Crippen molar-refractivity contribution in [3.8, 4) is 0 Å². The Morgan fingerprint density at radius 1 is 1.35 bits per heavy atom. The molecule has 0 aliphatic carbocycles. The van der Waals surface area contributed by atoms with Gasteiger partial charge in [0.25, 0.3) is 0 Å². The third kappa shape index (κ3) is 2.78. The highest BCUT2D eigenvalue weighted by atomic mass is 19.1. The standard InChI is InChI=1S/C14H21FN2/c1-11-5-3-2-4-8-17(11)13-7-6-12(10-16)14(15)9-13/h6-7,9,11H,2-5,8,10,16H2,1H3. The van der Waals surface area contributed by atoms with E-state index in [9.17, 15) is 4.39 Å². The number of nitrogens with zero attached hydrogens (tertiary/aromatic N) is 1. The molecule has 0 radical (unpaired) electrons. The summed E-state index contributed by atoms with van der Waals surface area (Å²) in [4.78, 5) is 2.32. The Labute approximate surface area is 103 Å². The zero-order valence-corrected chi connectivity index (χ0v) is 10.5. The summed E-state index contributed by atoms with van der Waals surface area (Å²) < 4.78 is 13.7. The summed E-state index contributed by atoms with van der Waals surface area (Å²) in [6.07, 6.45) is 4.95. The van der Waals surface area contributed by atoms with E-state index in [0.29, 0.717) is 11.6 Å². The molecular weight excluding hydrogens is 215 g/mol. The Hall–Kier alpha value is -1.09. The normalized spacial score (nSPS) is 21.4. The molecule has 1 unspecified atom stereocenters. The van der Waals surface area contributed by atoms with Crippen molar-refractivity contribution >= 4 is 5.69 Å². The van der Waals surface area contributed by atoms with Crippen LogP contribution in [0.25, 0.3) is 0 Å². The van der Waals surface area contributed by atoms with E-state index in [0.717, 1.165) is 12.2 Å². The molecule has 2 rings (SSSR count). The molecule has 1 aromatic carbocycles. The van der Waals surface area contributed by atoms with E-state index in [2.05, 4.69) is 11.8 Å². The Balaban J connectivity index is 2.22. The molecule has 1 aromatic rings. The van der Waals surface area contributed by atoms with Crippen LogP contribution in [0.3, 0.4) is 0 Å². The van der Waals surface area contributed by atoms with E-state index < -0.39 is 0 Å². The van der Waals surface area contributed by atoms with Crippen molar-refractivity contribution in [3.63, 3.8) is 0 Å². The third-order valence-electron chi connectivity index (χ3n) is 3.64. The van der Waals surface area contributed by atoms with Gasteiger partial charge in [-0.2, -0.15) is 0 Å². The lowest BCUT2D eigenvalue weighted by Gasteiger charge is -2.29. The van der Waals surface area contributed by atoms with Gasteiger partial charge in [0.05, 0.1) is 0 Å². The van der Waals surface area contributed by atoms with Crippen LogP contribution in [0.4, 0.5) is 10.1 Å². The first kappa shape index (κ1) is 12.4. The van der Waals surface area contributed by atoms with Crippen LogP contribution in [0.2, 0.25) is 0 Å². The smallest absolute Gasteiger partial charge is 0.129 e. The second kappa shape index (κ2) is 5.50. The molecule has 1 atom stereocenters. The summed E-state index contributed by atoms with van der Waals surface area (Å²) in [5, 5.41) is 0. The van der Waals surface area contributed by atoms with E-state index >= 15 is 0 Å². The van der Waals surface area contributed by atoms with Crippen molar-refractivity contribution < 1.29 is 4.39 Å². The Bertz CT molecular complexity index is 378. The van der Waals surface area contributed by atoms with E-state index in [1.165, 1.54) is 25.7 Å². The molecule has 1 heterocycles. The zero-order valence-electron chi connectivity index (χ0n) is 10.5. The molecule has 17 heavy (non-hydrogen) atoms. The quantitative estimate of drug-likeness (QED) is 0.855. The van der Waals surface area contributed by atoms with Gasteiger partial charge in [0.15, 0.2) is 0 Å². The first-order valence-corrected chi connectivity index (χ1v) is 6.47. The summed E-state index contributed by atoms with van der Waals surface area (Å²) in [6, 6.07) is 5.93. The summed E-state index contributed by atoms with van der Waals surface area (Å²) >= 11 is 0. The first-order valence-electron chi connectivity index (χ1n) is 6.47. The maximum Gasteiger partial charge on any atom is 0.129 e. The van der Waals surface area contributed by atoms with Crippen molar-refractivity contribution in [2.45, 2.75) is 45.2 Å². The minimum atomic E-state index is -0.179. The van der Waals surface area contributed by atoms with Crippen molar-refractivity contribution in [1.29, 1.82) is 0 Å². The molecule has 2 N–H and O–H groups in total. The lowest BCUT2D eigenvalue weighted by Crippen LogP contribution is -2.32.